The second-order valence-corrected chi connectivity index (χ2v) is 2.89. The third-order valence-electron chi connectivity index (χ3n) is 1.56. The van der Waals surface area contributed by atoms with E-state index in [2.05, 4.69) is 0 Å². The Kier molecular flexibility index (Phi) is 3.40. The first-order chi connectivity index (χ1) is 4.61. The summed E-state index contributed by atoms with van der Waals surface area (Å²) in [7, 11) is 0. The maximum absolute atomic E-state index is 5.77. The van der Waals surface area contributed by atoms with Gasteiger partial charge in [0, 0.05) is 10.7 Å². The fraction of sp³-hybridized carbons (Fsp3) is 0.333. The van der Waals surface area contributed by atoms with Crippen molar-refractivity contribution in [3.8, 4) is 0 Å². The van der Waals surface area contributed by atoms with E-state index in [1.807, 2.05) is 26.0 Å². The van der Waals surface area contributed by atoms with Crippen molar-refractivity contribution in [3.63, 3.8) is 0 Å². The van der Waals surface area contributed by atoms with Crippen molar-refractivity contribution in [1.82, 2.24) is 0 Å². The van der Waals surface area contributed by atoms with Crippen LogP contribution in [0.4, 0.5) is 5.69 Å². The summed E-state index contributed by atoms with van der Waals surface area (Å²) in [6.07, 6.45) is 0. The standard InChI is InChI=1S/C8H10ClN.CH4/c1-5-3-7(9)4-6(2)8(5)10;/h3-4H,10H2,1-2H3;1H4. The minimum atomic E-state index is 0. The molecule has 0 amide bonds. The molecule has 0 saturated heterocycles. The predicted octanol–water partition coefficient (Wildman–Crippen LogP) is 3.18. The fourth-order valence-electron chi connectivity index (χ4n) is 0.922. The van der Waals surface area contributed by atoms with Crippen molar-refractivity contribution in [2.24, 2.45) is 0 Å². The molecular weight excluding hydrogens is 158 g/mol. The highest BCUT2D eigenvalue weighted by Gasteiger charge is 1.98. The Balaban J connectivity index is 0.000001000. The minimum absolute atomic E-state index is 0. The van der Waals surface area contributed by atoms with Crippen molar-refractivity contribution in [3.05, 3.63) is 28.3 Å². The summed E-state index contributed by atoms with van der Waals surface area (Å²) in [6, 6.07) is 3.73. The molecule has 1 rings (SSSR count). The third-order valence-corrected chi connectivity index (χ3v) is 1.78. The molecule has 0 spiro atoms. The largest absolute Gasteiger partial charge is 0.398 e. The Morgan fingerprint density at radius 3 is 1.91 bits per heavy atom. The van der Waals surface area contributed by atoms with Gasteiger partial charge in [0.2, 0.25) is 0 Å². The summed E-state index contributed by atoms with van der Waals surface area (Å²) in [6.45, 7) is 3.91. The van der Waals surface area contributed by atoms with Crippen LogP contribution in [0.25, 0.3) is 0 Å². The lowest BCUT2D eigenvalue weighted by Crippen LogP contribution is -1.92. The number of rotatable bonds is 0. The highest BCUT2D eigenvalue weighted by atomic mass is 35.5. The second kappa shape index (κ2) is 3.63. The summed E-state index contributed by atoms with van der Waals surface area (Å²) >= 11 is 5.77. The van der Waals surface area contributed by atoms with Gasteiger partial charge in [-0.05, 0) is 37.1 Å². The first-order valence-electron chi connectivity index (χ1n) is 3.13. The van der Waals surface area contributed by atoms with Gasteiger partial charge < -0.3 is 5.73 Å². The van der Waals surface area contributed by atoms with E-state index >= 15 is 0 Å². The summed E-state index contributed by atoms with van der Waals surface area (Å²) in [5.74, 6) is 0. The number of hydrogen-bond acceptors (Lipinski definition) is 1. The molecule has 62 valence electrons. The quantitative estimate of drug-likeness (QED) is 0.597. The lowest BCUT2D eigenvalue weighted by molar-refractivity contribution is 1.39. The molecule has 1 aromatic carbocycles. The topological polar surface area (TPSA) is 26.0 Å². The number of hydrogen-bond donors (Lipinski definition) is 1. The number of halogens is 1. The van der Waals surface area contributed by atoms with Gasteiger partial charge in [0.25, 0.3) is 0 Å². The lowest BCUT2D eigenvalue weighted by Gasteiger charge is -2.03. The lowest BCUT2D eigenvalue weighted by atomic mass is 10.1. The van der Waals surface area contributed by atoms with Gasteiger partial charge in [-0.2, -0.15) is 0 Å². The van der Waals surface area contributed by atoms with Crippen molar-refractivity contribution in [2.45, 2.75) is 21.3 Å². The highest BCUT2D eigenvalue weighted by molar-refractivity contribution is 6.30. The van der Waals surface area contributed by atoms with Gasteiger partial charge in [0.05, 0.1) is 0 Å². The van der Waals surface area contributed by atoms with E-state index in [9.17, 15) is 0 Å². The number of nitrogen functional groups attached to an aromatic ring is 1. The molecule has 0 aliphatic heterocycles. The van der Waals surface area contributed by atoms with Crippen molar-refractivity contribution < 1.29 is 0 Å². The van der Waals surface area contributed by atoms with Gasteiger partial charge in [-0.15, -0.1) is 0 Å². The van der Waals surface area contributed by atoms with Gasteiger partial charge in [-0.25, -0.2) is 0 Å². The van der Waals surface area contributed by atoms with Crippen LogP contribution in [0, 0.1) is 13.8 Å². The van der Waals surface area contributed by atoms with Gasteiger partial charge in [-0.3, -0.25) is 0 Å². The monoisotopic (exact) mass is 171 g/mol. The molecule has 0 unspecified atom stereocenters. The van der Waals surface area contributed by atoms with Crippen LogP contribution in [0.5, 0.6) is 0 Å². The molecule has 0 heterocycles. The van der Waals surface area contributed by atoms with Crippen molar-refractivity contribution >= 4 is 17.3 Å². The summed E-state index contributed by atoms with van der Waals surface area (Å²) in [4.78, 5) is 0. The van der Waals surface area contributed by atoms with Gasteiger partial charge in [-0.1, -0.05) is 19.0 Å². The molecule has 0 atom stereocenters. The number of aryl methyl sites for hydroxylation is 2. The van der Waals surface area contributed by atoms with Crippen LogP contribution < -0.4 is 5.73 Å². The van der Waals surface area contributed by atoms with E-state index in [1.54, 1.807) is 0 Å². The Morgan fingerprint density at radius 1 is 1.18 bits per heavy atom. The Morgan fingerprint density at radius 2 is 1.55 bits per heavy atom. The molecule has 0 fully saturated rings. The van der Waals surface area contributed by atoms with Gasteiger partial charge in [0.15, 0.2) is 0 Å². The SMILES string of the molecule is C.Cc1cc(Cl)cc(C)c1N. The maximum Gasteiger partial charge on any atom is 0.0412 e. The molecule has 0 aliphatic rings. The van der Waals surface area contributed by atoms with Crippen molar-refractivity contribution in [2.75, 3.05) is 5.73 Å². The first kappa shape index (κ1) is 10.3. The smallest absolute Gasteiger partial charge is 0.0412 e. The summed E-state index contributed by atoms with van der Waals surface area (Å²) in [5.41, 5.74) is 8.62. The van der Waals surface area contributed by atoms with E-state index < -0.39 is 0 Å². The summed E-state index contributed by atoms with van der Waals surface area (Å²) in [5, 5.41) is 0.754. The second-order valence-electron chi connectivity index (χ2n) is 2.45. The minimum Gasteiger partial charge on any atom is -0.398 e. The molecule has 0 radical (unpaired) electrons. The zero-order valence-corrected chi connectivity index (χ0v) is 6.87. The molecule has 1 nitrogen and oxygen atoms in total. The Labute approximate surface area is 73.2 Å². The van der Waals surface area contributed by atoms with E-state index in [0.29, 0.717) is 0 Å². The van der Waals surface area contributed by atoms with Crippen LogP contribution in [0.2, 0.25) is 5.02 Å². The first-order valence-corrected chi connectivity index (χ1v) is 3.51. The molecule has 11 heavy (non-hydrogen) atoms. The number of benzene rings is 1. The third kappa shape index (κ3) is 2.12. The van der Waals surface area contributed by atoms with E-state index in [-0.39, 0.29) is 7.43 Å². The normalized spacial score (nSPS) is 9.00. The van der Waals surface area contributed by atoms with Gasteiger partial charge >= 0.3 is 0 Å². The van der Waals surface area contributed by atoms with Gasteiger partial charge in [0.1, 0.15) is 0 Å². The Bertz CT molecular complexity index is 233. The molecule has 0 bridgehead atoms. The molecule has 0 aromatic heterocycles. The maximum atomic E-state index is 5.77. The number of anilines is 1. The molecular formula is C9H14ClN. The van der Waals surface area contributed by atoms with E-state index in [0.717, 1.165) is 21.8 Å². The molecule has 2 N–H and O–H groups in total. The Hall–Kier alpha value is -0.690. The van der Waals surface area contributed by atoms with Crippen LogP contribution in [0.3, 0.4) is 0 Å². The highest BCUT2D eigenvalue weighted by Crippen LogP contribution is 2.21. The van der Waals surface area contributed by atoms with Crippen LogP contribution in [-0.2, 0) is 0 Å². The fourth-order valence-corrected chi connectivity index (χ4v) is 1.25. The number of nitrogens with two attached hydrogens (primary N) is 1. The molecule has 1 aromatic rings. The van der Waals surface area contributed by atoms with Crippen LogP contribution in [0.1, 0.15) is 18.6 Å². The van der Waals surface area contributed by atoms with Crippen LogP contribution in [-0.4, -0.2) is 0 Å². The van der Waals surface area contributed by atoms with Crippen molar-refractivity contribution in [1.29, 1.82) is 0 Å². The van der Waals surface area contributed by atoms with E-state index in [1.165, 1.54) is 0 Å². The zero-order chi connectivity index (χ0) is 7.72. The molecule has 2 heteroatoms. The van der Waals surface area contributed by atoms with Crippen LogP contribution in [0.15, 0.2) is 12.1 Å². The summed E-state index contributed by atoms with van der Waals surface area (Å²) < 4.78 is 0. The molecule has 0 aliphatic carbocycles. The van der Waals surface area contributed by atoms with Crippen LogP contribution >= 0.6 is 11.6 Å². The van der Waals surface area contributed by atoms with E-state index in [4.69, 9.17) is 17.3 Å². The zero-order valence-electron chi connectivity index (χ0n) is 6.11. The average Bonchev–Trinajstić information content (AvgIpc) is 1.82. The molecule has 0 saturated carbocycles. The average molecular weight is 172 g/mol. The predicted molar refractivity (Wildman–Crippen MR) is 52.1 cm³/mol.